The van der Waals surface area contributed by atoms with Crippen molar-refractivity contribution in [2.75, 3.05) is 5.75 Å². The molecule has 3 nitrogen and oxygen atoms in total. The van der Waals surface area contributed by atoms with E-state index >= 15 is 0 Å². The molecule has 0 saturated heterocycles. The maximum Gasteiger partial charge on any atom is 0.230 e. The van der Waals surface area contributed by atoms with Crippen molar-refractivity contribution in [2.24, 2.45) is 17.8 Å². The SMILES string of the molecule is CC(NC(=O)CSc1ccccn1)C1CC2CCC1C2. The van der Waals surface area contributed by atoms with Gasteiger partial charge >= 0.3 is 0 Å². The van der Waals surface area contributed by atoms with Crippen LogP contribution in [-0.4, -0.2) is 22.7 Å². The maximum atomic E-state index is 12.0. The standard InChI is InChI=1S/C16H22N2OS/c1-11(14-9-12-5-6-13(14)8-12)18-15(19)10-20-16-4-2-3-7-17-16/h2-4,7,11-14H,5-6,8-10H2,1H3,(H,18,19). The molecule has 1 aromatic rings. The highest BCUT2D eigenvalue weighted by molar-refractivity contribution is 7.99. The Morgan fingerprint density at radius 2 is 2.35 bits per heavy atom. The van der Waals surface area contributed by atoms with Gasteiger partial charge in [0.1, 0.15) is 0 Å². The molecule has 2 fully saturated rings. The van der Waals surface area contributed by atoms with Gasteiger partial charge in [-0.15, -0.1) is 0 Å². The van der Waals surface area contributed by atoms with Crippen LogP contribution in [0.3, 0.4) is 0 Å². The molecule has 2 bridgehead atoms. The van der Waals surface area contributed by atoms with Crippen molar-refractivity contribution in [2.45, 2.75) is 43.7 Å². The van der Waals surface area contributed by atoms with E-state index in [0.29, 0.717) is 17.7 Å². The van der Waals surface area contributed by atoms with E-state index in [1.807, 2.05) is 18.2 Å². The number of hydrogen-bond donors (Lipinski definition) is 1. The van der Waals surface area contributed by atoms with E-state index in [4.69, 9.17) is 0 Å². The van der Waals surface area contributed by atoms with E-state index in [1.54, 1.807) is 6.20 Å². The van der Waals surface area contributed by atoms with Crippen LogP contribution in [0.15, 0.2) is 29.4 Å². The molecule has 2 saturated carbocycles. The van der Waals surface area contributed by atoms with Gasteiger partial charge in [-0.05, 0) is 56.1 Å². The Kier molecular flexibility index (Phi) is 4.29. The van der Waals surface area contributed by atoms with E-state index in [-0.39, 0.29) is 5.91 Å². The first-order valence-electron chi connectivity index (χ1n) is 7.55. The molecule has 2 aliphatic rings. The lowest BCUT2D eigenvalue weighted by Crippen LogP contribution is -2.40. The quantitative estimate of drug-likeness (QED) is 0.847. The number of carbonyl (C=O) groups excluding carboxylic acids is 1. The molecule has 0 aliphatic heterocycles. The molecule has 108 valence electrons. The summed E-state index contributed by atoms with van der Waals surface area (Å²) in [4.78, 5) is 16.3. The third kappa shape index (κ3) is 3.17. The molecule has 0 radical (unpaired) electrons. The van der Waals surface area contributed by atoms with Crippen LogP contribution >= 0.6 is 11.8 Å². The van der Waals surface area contributed by atoms with Crippen LogP contribution in [0.5, 0.6) is 0 Å². The van der Waals surface area contributed by atoms with Crippen LogP contribution in [0.4, 0.5) is 0 Å². The number of rotatable bonds is 5. The van der Waals surface area contributed by atoms with Crippen molar-refractivity contribution in [3.05, 3.63) is 24.4 Å². The zero-order valence-corrected chi connectivity index (χ0v) is 12.7. The number of amides is 1. The average molecular weight is 290 g/mol. The van der Waals surface area contributed by atoms with Crippen molar-refractivity contribution >= 4 is 17.7 Å². The highest BCUT2D eigenvalue weighted by Crippen LogP contribution is 2.49. The van der Waals surface area contributed by atoms with Gasteiger partial charge in [0.2, 0.25) is 5.91 Å². The fourth-order valence-electron chi connectivity index (χ4n) is 3.88. The molecule has 4 atom stereocenters. The van der Waals surface area contributed by atoms with E-state index in [9.17, 15) is 4.79 Å². The summed E-state index contributed by atoms with van der Waals surface area (Å²) in [5.41, 5.74) is 0. The van der Waals surface area contributed by atoms with E-state index in [1.165, 1.54) is 37.4 Å². The minimum atomic E-state index is 0.135. The Bertz CT molecular complexity index is 465. The molecule has 20 heavy (non-hydrogen) atoms. The Balaban J connectivity index is 1.44. The number of nitrogens with zero attached hydrogens (tertiary/aromatic N) is 1. The average Bonchev–Trinajstić information content (AvgIpc) is 3.09. The minimum Gasteiger partial charge on any atom is -0.353 e. The highest BCUT2D eigenvalue weighted by atomic mass is 32.2. The third-order valence-electron chi connectivity index (χ3n) is 4.81. The van der Waals surface area contributed by atoms with Gasteiger partial charge in [0.15, 0.2) is 0 Å². The van der Waals surface area contributed by atoms with Crippen LogP contribution < -0.4 is 5.32 Å². The summed E-state index contributed by atoms with van der Waals surface area (Å²) in [5, 5.41) is 4.10. The molecule has 4 unspecified atom stereocenters. The van der Waals surface area contributed by atoms with Crippen LogP contribution in [0, 0.1) is 17.8 Å². The van der Waals surface area contributed by atoms with Crippen molar-refractivity contribution in [1.82, 2.24) is 10.3 Å². The summed E-state index contributed by atoms with van der Waals surface area (Å²) in [6.45, 7) is 2.18. The number of nitrogens with one attached hydrogen (secondary N) is 1. The zero-order chi connectivity index (χ0) is 13.9. The molecular weight excluding hydrogens is 268 g/mol. The molecule has 3 rings (SSSR count). The fraction of sp³-hybridized carbons (Fsp3) is 0.625. The molecule has 1 aromatic heterocycles. The molecule has 4 heteroatoms. The summed E-state index contributed by atoms with van der Waals surface area (Å²) in [7, 11) is 0. The third-order valence-corrected chi connectivity index (χ3v) is 5.76. The Hall–Kier alpha value is -1.03. The number of hydrogen-bond acceptors (Lipinski definition) is 3. The van der Waals surface area contributed by atoms with Gasteiger partial charge in [0.05, 0.1) is 10.8 Å². The number of fused-ring (bicyclic) bond motifs is 2. The predicted molar refractivity (Wildman–Crippen MR) is 81.5 cm³/mol. The lowest BCUT2D eigenvalue weighted by Gasteiger charge is -2.28. The molecule has 1 amide bonds. The van der Waals surface area contributed by atoms with Crippen LogP contribution in [0.25, 0.3) is 0 Å². The van der Waals surface area contributed by atoms with Gasteiger partial charge in [-0.3, -0.25) is 4.79 Å². The Morgan fingerprint density at radius 3 is 3.00 bits per heavy atom. The van der Waals surface area contributed by atoms with Crippen LogP contribution in [0.2, 0.25) is 0 Å². The number of thioether (sulfide) groups is 1. The fourth-order valence-corrected chi connectivity index (χ4v) is 4.55. The lowest BCUT2D eigenvalue weighted by molar-refractivity contribution is -0.119. The molecular formula is C16H22N2OS. The number of pyridine rings is 1. The molecule has 1 heterocycles. The Labute approximate surface area is 124 Å². The van der Waals surface area contributed by atoms with Crippen molar-refractivity contribution < 1.29 is 4.79 Å². The number of carbonyl (C=O) groups is 1. The highest BCUT2D eigenvalue weighted by Gasteiger charge is 2.42. The second-order valence-corrected chi connectivity index (χ2v) is 7.15. The van der Waals surface area contributed by atoms with Crippen molar-refractivity contribution in [3.8, 4) is 0 Å². The Morgan fingerprint density at radius 1 is 1.45 bits per heavy atom. The van der Waals surface area contributed by atoms with E-state index in [0.717, 1.165) is 16.9 Å². The topological polar surface area (TPSA) is 42.0 Å². The van der Waals surface area contributed by atoms with Gasteiger partial charge in [-0.1, -0.05) is 24.2 Å². The molecule has 2 aliphatic carbocycles. The van der Waals surface area contributed by atoms with Gasteiger partial charge < -0.3 is 5.32 Å². The van der Waals surface area contributed by atoms with Gasteiger partial charge in [-0.25, -0.2) is 4.98 Å². The van der Waals surface area contributed by atoms with Crippen LogP contribution in [-0.2, 0) is 4.79 Å². The van der Waals surface area contributed by atoms with E-state index in [2.05, 4.69) is 17.2 Å². The second kappa shape index (κ2) is 6.17. The second-order valence-electron chi connectivity index (χ2n) is 6.15. The summed E-state index contributed by atoms with van der Waals surface area (Å²) in [6.07, 6.45) is 7.26. The summed E-state index contributed by atoms with van der Waals surface area (Å²) in [6, 6.07) is 6.10. The molecule has 1 N–H and O–H groups in total. The lowest BCUT2D eigenvalue weighted by atomic mass is 9.84. The summed E-state index contributed by atoms with van der Waals surface area (Å²) >= 11 is 1.51. The van der Waals surface area contributed by atoms with Crippen molar-refractivity contribution in [1.29, 1.82) is 0 Å². The normalized spacial score (nSPS) is 29.4. The maximum absolute atomic E-state index is 12.0. The molecule has 0 spiro atoms. The monoisotopic (exact) mass is 290 g/mol. The van der Waals surface area contributed by atoms with Gasteiger partial charge in [-0.2, -0.15) is 0 Å². The van der Waals surface area contributed by atoms with E-state index < -0.39 is 0 Å². The smallest absolute Gasteiger partial charge is 0.230 e. The first-order chi connectivity index (χ1) is 9.72. The first kappa shape index (κ1) is 13.9. The largest absolute Gasteiger partial charge is 0.353 e. The first-order valence-corrected chi connectivity index (χ1v) is 8.54. The zero-order valence-electron chi connectivity index (χ0n) is 11.9. The summed E-state index contributed by atoms with van der Waals surface area (Å²) in [5.74, 6) is 3.10. The van der Waals surface area contributed by atoms with Gasteiger partial charge in [0.25, 0.3) is 0 Å². The predicted octanol–water partition coefficient (Wildman–Crippen LogP) is 3.11. The van der Waals surface area contributed by atoms with Crippen molar-refractivity contribution in [3.63, 3.8) is 0 Å². The minimum absolute atomic E-state index is 0.135. The van der Waals surface area contributed by atoms with Gasteiger partial charge in [0, 0.05) is 12.2 Å². The number of aromatic nitrogens is 1. The molecule has 0 aromatic carbocycles. The summed E-state index contributed by atoms with van der Waals surface area (Å²) < 4.78 is 0. The van der Waals surface area contributed by atoms with Crippen LogP contribution in [0.1, 0.15) is 32.6 Å².